The maximum absolute atomic E-state index is 13.5. The van der Waals surface area contributed by atoms with Crippen molar-refractivity contribution in [1.82, 2.24) is 0 Å². The van der Waals surface area contributed by atoms with Crippen LogP contribution in [0, 0.1) is 0 Å². The molecule has 0 saturated heterocycles. The topological polar surface area (TPSA) is 142 Å². The van der Waals surface area contributed by atoms with E-state index in [1.807, 2.05) is 0 Å². The van der Waals surface area contributed by atoms with E-state index < -0.39 is 18.3 Å². The average Bonchev–Trinajstić information content (AvgIpc) is 3.15. The summed E-state index contributed by atoms with van der Waals surface area (Å²) in [5.41, 5.74) is 6.81. The van der Waals surface area contributed by atoms with Crippen molar-refractivity contribution in [3.63, 3.8) is 0 Å². The van der Waals surface area contributed by atoms with Gasteiger partial charge >= 0.3 is 5.97 Å². The molecule has 3 rings (SSSR count). The van der Waals surface area contributed by atoms with Gasteiger partial charge in [-0.25, -0.2) is 0 Å². The molecule has 10 nitrogen and oxygen atoms in total. The summed E-state index contributed by atoms with van der Waals surface area (Å²) in [5, 5.41) is 12.1. The number of carboxylic acids is 1. The number of methoxy groups -OCH3 is 4. The molecule has 0 atom stereocenters. The smallest absolute Gasteiger partial charge is 0.322 e. The highest BCUT2D eigenvalue weighted by molar-refractivity contribution is 6.21. The minimum atomic E-state index is -1.13. The quantitative estimate of drug-likeness (QED) is 0.342. The normalized spacial score (nSPS) is 10.6. The maximum Gasteiger partial charge on any atom is 0.322 e. The van der Waals surface area contributed by atoms with Crippen molar-refractivity contribution in [1.29, 1.82) is 0 Å². The molecule has 0 aliphatic heterocycles. The molecule has 4 N–H and O–H groups in total. The predicted octanol–water partition coefficient (Wildman–Crippen LogP) is 2.78. The molecule has 1 aromatic heterocycles. The van der Waals surface area contributed by atoms with Crippen molar-refractivity contribution >= 4 is 34.3 Å². The number of nitrogens with two attached hydrogens (primary N) is 1. The lowest BCUT2D eigenvalue weighted by atomic mass is 10.00. The fourth-order valence-corrected chi connectivity index (χ4v) is 3.20. The molecule has 3 aromatic rings. The van der Waals surface area contributed by atoms with Crippen LogP contribution in [-0.2, 0) is 4.79 Å². The van der Waals surface area contributed by atoms with Crippen LogP contribution in [0.4, 0.5) is 11.6 Å². The number of rotatable bonds is 9. The number of aliphatic carboxylic acids is 1. The molecule has 0 bridgehead atoms. The van der Waals surface area contributed by atoms with Crippen LogP contribution in [0.25, 0.3) is 11.0 Å². The van der Waals surface area contributed by atoms with Gasteiger partial charge in [0.25, 0.3) is 0 Å². The van der Waals surface area contributed by atoms with E-state index in [0.29, 0.717) is 28.4 Å². The Hall–Kier alpha value is -4.08. The second kappa shape index (κ2) is 8.74. The summed E-state index contributed by atoms with van der Waals surface area (Å²) in [4.78, 5) is 24.6. The number of carbonyl (C=O) groups is 2. The van der Waals surface area contributed by atoms with Crippen LogP contribution < -0.4 is 30.0 Å². The number of fused-ring (bicyclic) bond motifs is 1. The molecule has 0 unspecified atom stereocenters. The first-order valence-electron chi connectivity index (χ1n) is 9.05. The lowest BCUT2D eigenvalue weighted by molar-refractivity contribution is -0.134. The van der Waals surface area contributed by atoms with E-state index in [2.05, 4.69) is 5.32 Å². The van der Waals surface area contributed by atoms with Gasteiger partial charge in [0.05, 0.1) is 34.0 Å². The Morgan fingerprint density at radius 3 is 2.13 bits per heavy atom. The van der Waals surface area contributed by atoms with Crippen molar-refractivity contribution < 1.29 is 38.1 Å². The van der Waals surface area contributed by atoms with E-state index in [1.54, 1.807) is 12.1 Å². The minimum Gasteiger partial charge on any atom is -0.494 e. The summed E-state index contributed by atoms with van der Waals surface area (Å²) in [7, 11) is 5.78. The van der Waals surface area contributed by atoms with Gasteiger partial charge in [0, 0.05) is 10.9 Å². The number of nitrogen functional groups attached to an aromatic ring is 1. The molecule has 0 saturated carbocycles. The van der Waals surface area contributed by atoms with Gasteiger partial charge in [-0.3, -0.25) is 9.59 Å². The number of hydrogen-bond donors (Lipinski definition) is 3. The van der Waals surface area contributed by atoms with Crippen LogP contribution >= 0.6 is 0 Å². The number of furan rings is 1. The predicted molar refractivity (Wildman–Crippen MR) is 113 cm³/mol. The molecule has 164 valence electrons. The first-order valence-corrected chi connectivity index (χ1v) is 9.05. The van der Waals surface area contributed by atoms with Gasteiger partial charge in [-0.1, -0.05) is 0 Å². The number of carbonyl (C=O) groups excluding carboxylic acids is 1. The third-order valence-corrected chi connectivity index (χ3v) is 4.63. The fourth-order valence-electron chi connectivity index (χ4n) is 3.20. The zero-order chi connectivity index (χ0) is 22.7. The molecular weight excluding hydrogens is 408 g/mol. The lowest BCUT2D eigenvalue weighted by Crippen LogP contribution is -2.14. The zero-order valence-electron chi connectivity index (χ0n) is 17.4. The van der Waals surface area contributed by atoms with Crippen molar-refractivity contribution in [3.8, 4) is 23.0 Å². The second-order valence-electron chi connectivity index (χ2n) is 6.35. The summed E-state index contributed by atoms with van der Waals surface area (Å²) < 4.78 is 26.9. The van der Waals surface area contributed by atoms with Gasteiger partial charge in [-0.2, -0.15) is 0 Å². The van der Waals surface area contributed by atoms with E-state index in [9.17, 15) is 9.59 Å². The average molecular weight is 430 g/mol. The van der Waals surface area contributed by atoms with Crippen molar-refractivity contribution in [2.24, 2.45) is 0 Å². The number of carboxylic acid groups (broad SMARTS) is 1. The number of nitrogens with one attached hydrogen (secondary N) is 1. The Morgan fingerprint density at radius 2 is 1.61 bits per heavy atom. The molecule has 0 radical (unpaired) electrons. The number of anilines is 2. The first kappa shape index (κ1) is 21.6. The van der Waals surface area contributed by atoms with Gasteiger partial charge in [0.15, 0.2) is 22.9 Å². The number of benzene rings is 2. The Labute approximate surface area is 177 Å². The Bertz CT molecular complexity index is 1130. The molecule has 1 heterocycles. The number of hydrogen-bond acceptors (Lipinski definition) is 9. The molecule has 0 spiro atoms. The summed E-state index contributed by atoms with van der Waals surface area (Å²) in [5.74, 6) is -0.350. The number of ketones is 1. The SMILES string of the molecule is COc1cc(C(=O)c2c(NCC(=O)O)oc3c(N)c(OC)ccc23)cc(OC)c1OC. The molecule has 0 aliphatic rings. The van der Waals surface area contributed by atoms with Crippen LogP contribution in [0.15, 0.2) is 28.7 Å². The lowest BCUT2D eigenvalue weighted by Gasteiger charge is -2.14. The largest absolute Gasteiger partial charge is 0.494 e. The van der Waals surface area contributed by atoms with Crippen LogP contribution in [0.1, 0.15) is 15.9 Å². The second-order valence-corrected chi connectivity index (χ2v) is 6.35. The van der Waals surface area contributed by atoms with E-state index in [4.69, 9.17) is 34.2 Å². The van der Waals surface area contributed by atoms with Crippen LogP contribution in [0.3, 0.4) is 0 Å². The van der Waals surface area contributed by atoms with Crippen molar-refractivity contribution in [2.75, 3.05) is 46.0 Å². The van der Waals surface area contributed by atoms with Crippen molar-refractivity contribution in [3.05, 3.63) is 35.4 Å². The third kappa shape index (κ3) is 3.87. The van der Waals surface area contributed by atoms with Gasteiger partial charge in [-0.15, -0.1) is 0 Å². The molecule has 0 fully saturated rings. The highest BCUT2D eigenvalue weighted by Crippen LogP contribution is 2.42. The van der Waals surface area contributed by atoms with Gasteiger partial charge in [0.2, 0.25) is 11.6 Å². The fraction of sp³-hybridized carbons (Fsp3) is 0.238. The van der Waals surface area contributed by atoms with Gasteiger partial charge < -0.3 is 39.5 Å². The van der Waals surface area contributed by atoms with Crippen molar-refractivity contribution in [2.45, 2.75) is 0 Å². The maximum atomic E-state index is 13.5. The summed E-state index contributed by atoms with van der Waals surface area (Å²) in [6, 6.07) is 6.21. The van der Waals surface area contributed by atoms with Crippen LogP contribution in [0.5, 0.6) is 23.0 Å². The van der Waals surface area contributed by atoms with Crippen LogP contribution in [0.2, 0.25) is 0 Å². The summed E-state index contributed by atoms with van der Waals surface area (Å²) >= 11 is 0. The summed E-state index contributed by atoms with van der Waals surface area (Å²) in [6.45, 7) is -0.466. The van der Waals surface area contributed by atoms with E-state index in [0.717, 1.165) is 0 Å². The highest BCUT2D eigenvalue weighted by atomic mass is 16.5. The van der Waals surface area contributed by atoms with Gasteiger partial charge in [-0.05, 0) is 24.3 Å². The molecule has 0 aliphatic carbocycles. The van der Waals surface area contributed by atoms with Gasteiger partial charge in [0.1, 0.15) is 18.0 Å². The standard InChI is InChI=1S/C21H22N2O8/c1-27-12-6-5-11-16(21(23-9-15(24)25)31-19(11)17(12)22)18(26)10-7-13(28-2)20(30-4)14(8-10)29-3/h5-8,23H,9,22H2,1-4H3,(H,24,25). The molecule has 10 heteroatoms. The van der Waals surface area contributed by atoms with E-state index >= 15 is 0 Å². The third-order valence-electron chi connectivity index (χ3n) is 4.63. The molecular formula is C21H22N2O8. The Kier molecular flexibility index (Phi) is 6.10. The summed E-state index contributed by atoms with van der Waals surface area (Å²) in [6.07, 6.45) is 0. The monoisotopic (exact) mass is 430 g/mol. The Morgan fingerprint density at radius 1 is 1.00 bits per heavy atom. The van der Waals surface area contributed by atoms with E-state index in [-0.39, 0.29) is 28.3 Å². The minimum absolute atomic E-state index is 0.0314. The highest BCUT2D eigenvalue weighted by Gasteiger charge is 2.27. The zero-order valence-corrected chi connectivity index (χ0v) is 17.4. The molecule has 0 amide bonds. The molecule has 31 heavy (non-hydrogen) atoms. The van der Waals surface area contributed by atoms with E-state index in [1.165, 1.54) is 40.6 Å². The molecule has 2 aromatic carbocycles. The number of ether oxygens (including phenoxy) is 4. The van der Waals surface area contributed by atoms with Crippen LogP contribution in [-0.4, -0.2) is 51.8 Å². The first-order chi connectivity index (χ1) is 14.9. The Balaban J connectivity index is 2.23.